The Bertz CT molecular complexity index is 478. The number of thioether (sulfide) groups is 1. The van der Waals surface area contributed by atoms with Crippen molar-refractivity contribution in [3.63, 3.8) is 0 Å². The lowest BCUT2D eigenvalue weighted by Gasteiger charge is -2.21. The third kappa shape index (κ3) is 2.84. The Balaban J connectivity index is 2.23. The van der Waals surface area contributed by atoms with E-state index in [4.69, 9.17) is 11.6 Å². The van der Waals surface area contributed by atoms with Crippen LogP contribution in [0.3, 0.4) is 0 Å². The molecule has 3 nitrogen and oxygen atoms in total. The summed E-state index contributed by atoms with van der Waals surface area (Å²) >= 11 is 8.14. The van der Waals surface area contributed by atoms with Crippen molar-refractivity contribution >= 4 is 29.1 Å². The average Bonchev–Trinajstić information content (AvgIpc) is 2.96. The van der Waals surface area contributed by atoms with Gasteiger partial charge in [-0.3, -0.25) is 9.48 Å². The fourth-order valence-corrected chi connectivity index (χ4v) is 4.12. The largest absolute Gasteiger partial charge is 0.298 e. The van der Waals surface area contributed by atoms with Crippen molar-refractivity contribution in [1.29, 1.82) is 0 Å². The Kier molecular flexibility index (Phi) is 4.62. The quantitative estimate of drug-likeness (QED) is 0.834. The lowest BCUT2D eigenvalue weighted by molar-refractivity contribution is -0.120. The maximum atomic E-state index is 12.5. The number of hydrogen-bond acceptors (Lipinski definition) is 3. The number of ketones is 1. The minimum absolute atomic E-state index is 0.224. The monoisotopic (exact) mass is 300 g/mol. The molecule has 1 aliphatic heterocycles. The van der Waals surface area contributed by atoms with Crippen molar-refractivity contribution in [2.45, 2.75) is 57.7 Å². The van der Waals surface area contributed by atoms with E-state index in [0.29, 0.717) is 11.4 Å². The molecule has 2 heterocycles. The average molecular weight is 301 g/mol. The van der Waals surface area contributed by atoms with Crippen molar-refractivity contribution in [3.05, 3.63) is 16.4 Å². The molecule has 2 rings (SSSR count). The molecule has 1 aliphatic rings. The smallest absolute Gasteiger partial charge is 0.154 e. The van der Waals surface area contributed by atoms with E-state index in [0.717, 1.165) is 42.9 Å². The fourth-order valence-electron chi connectivity index (χ4n) is 2.52. The zero-order chi connectivity index (χ0) is 14.0. The first-order chi connectivity index (χ1) is 9.01. The van der Waals surface area contributed by atoms with E-state index in [1.54, 1.807) is 11.8 Å². The molecule has 1 atom stereocenters. The molecule has 0 aromatic carbocycles. The highest BCUT2D eigenvalue weighted by molar-refractivity contribution is 8.01. The van der Waals surface area contributed by atoms with Crippen molar-refractivity contribution < 1.29 is 4.79 Å². The Morgan fingerprint density at radius 1 is 1.53 bits per heavy atom. The molecule has 1 unspecified atom stereocenters. The van der Waals surface area contributed by atoms with Crippen LogP contribution in [0.15, 0.2) is 0 Å². The van der Waals surface area contributed by atoms with Gasteiger partial charge in [0.15, 0.2) is 5.78 Å². The first-order valence-electron chi connectivity index (χ1n) is 6.93. The summed E-state index contributed by atoms with van der Waals surface area (Å²) in [5.41, 5.74) is 1.79. The number of aryl methyl sites for hydroxylation is 2. The SMILES string of the molecule is CCc1nn(CC)c(CC(=O)C2(C)CCCS2)c1Cl. The molecular formula is C14H21ClN2OS. The minimum atomic E-state index is -0.224. The molecule has 0 N–H and O–H groups in total. The van der Waals surface area contributed by atoms with E-state index in [-0.39, 0.29) is 10.5 Å². The molecule has 1 aromatic rings. The number of aromatic nitrogens is 2. The second kappa shape index (κ2) is 5.88. The van der Waals surface area contributed by atoms with Crippen LogP contribution in [0.5, 0.6) is 0 Å². The molecule has 0 saturated carbocycles. The van der Waals surface area contributed by atoms with Crippen molar-refractivity contribution in [1.82, 2.24) is 9.78 Å². The summed E-state index contributed by atoms with van der Waals surface area (Å²) in [5, 5.41) is 5.16. The summed E-state index contributed by atoms with van der Waals surface area (Å²) < 4.78 is 1.65. The highest BCUT2D eigenvalue weighted by atomic mass is 35.5. The molecule has 0 spiro atoms. The number of nitrogens with zero attached hydrogens (tertiary/aromatic N) is 2. The molecule has 5 heteroatoms. The Morgan fingerprint density at radius 2 is 2.26 bits per heavy atom. The van der Waals surface area contributed by atoms with Gasteiger partial charge < -0.3 is 0 Å². The molecule has 1 aromatic heterocycles. The summed E-state index contributed by atoms with van der Waals surface area (Å²) in [6.45, 7) is 6.89. The summed E-state index contributed by atoms with van der Waals surface area (Å²) in [6.07, 6.45) is 3.32. The number of rotatable bonds is 5. The molecule has 1 fully saturated rings. The lowest BCUT2D eigenvalue weighted by Crippen LogP contribution is -2.31. The maximum Gasteiger partial charge on any atom is 0.154 e. The topological polar surface area (TPSA) is 34.9 Å². The van der Waals surface area contributed by atoms with Crippen LogP contribution in [0.1, 0.15) is 45.0 Å². The zero-order valence-corrected chi connectivity index (χ0v) is 13.4. The van der Waals surface area contributed by atoms with Crippen molar-refractivity contribution in [3.8, 4) is 0 Å². The van der Waals surface area contributed by atoms with Gasteiger partial charge in [0, 0.05) is 6.54 Å². The van der Waals surface area contributed by atoms with Gasteiger partial charge in [0.25, 0.3) is 0 Å². The van der Waals surface area contributed by atoms with Gasteiger partial charge in [-0.15, -0.1) is 11.8 Å². The Labute approximate surface area is 124 Å². The number of hydrogen-bond donors (Lipinski definition) is 0. The van der Waals surface area contributed by atoms with Crippen LogP contribution in [-0.4, -0.2) is 26.1 Å². The Hall–Kier alpha value is -0.480. The lowest BCUT2D eigenvalue weighted by atomic mass is 9.96. The summed E-state index contributed by atoms with van der Waals surface area (Å²) in [7, 11) is 0. The summed E-state index contributed by atoms with van der Waals surface area (Å²) in [4.78, 5) is 12.5. The Morgan fingerprint density at radius 3 is 2.79 bits per heavy atom. The minimum Gasteiger partial charge on any atom is -0.298 e. The standard InChI is InChI=1S/C14H21ClN2OS/c1-4-10-13(15)11(17(5-2)16-10)9-12(18)14(3)7-6-8-19-14/h4-9H2,1-3H3. The van der Waals surface area contributed by atoms with Gasteiger partial charge in [-0.05, 0) is 38.9 Å². The first-order valence-corrected chi connectivity index (χ1v) is 8.29. The maximum absolute atomic E-state index is 12.5. The van der Waals surface area contributed by atoms with E-state index in [1.165, 1.54) is 0 Å². The molecule has 19 heavy (non-hydrogen) atoms. The van der Waals surface area contributed by atoms with E-state index in [9.17, 15) is 4.79 Å². The first kappa shape index (κ1) is 14.9. The highest BCUT2D eigenvalue weighted by Gasteiger charge is 2.37. The van der Waals surface area contributed by atoms with Gasteiger partial charge in [-0.1, -0.05) is 18.5 Å². The molecule has 0 bridgehead atoms. The molecule has 0 aliphatic carbocycles. The van der Waals surface area contributed by atoms with Crippen LogP contribution in [-0.2, 0) is 24.2 Å². The molecule has 0 radical (unpaired) electrons. The second-order valence-electron chi connectivity index (χ2n) is 5.16. The third-order valence-electron chi connectivity index (χ3n) is 3.83. The normalized spacial score (nSPS) is 22.9. The zero-order valence-electron chi connectivity index (χ0n) is 11.8. The number of halogens is 1. The predicted octanol–water partition coefficient (Wildman–Crippen LogP) is 3.52. The molecule has 106 valence electrons. The highest BCUT2D eigenvalue weighted by Crippen LogP contribution is 2.39. The van der Waals surface area contributed by atoms with E-state index < -0.39 is 0 Å². The molecule has 0 amide bonds. The number of carbonyl (C=O) groups excluding carboxylic acids is 1. The van der Waals surface area contributed by atoms with Crippen LogP contribution in [0, 0.1) is 0 Å². The van der Waals surface area contributed by atoms with Gasteiger partial charge in [-0.2, -0.15) is 5.10 Å². The van der Waals surface area contributed by atoms with Crippen LogP contribution in [0.25, 0.3) is 0 Å². The van der Waals surface area contributed by atoms with E-state index in [1.807, 2.05) is 18.5 Å². The summed E-state index contributed by atoms with van der Waals surface area (Å²) in [6, 6.07) is 0. The van der Waals surface area contributed by atoms with Crippen LogP contribution in [0.4, 0.5) is 0 Å². The second-order valence-corrected chi connectivity index (χ2v) is 7.14. The molecular weight excluding hydrogens is 280 g/mol. The van der Waals surface area contributed by atoms with E-state index >= 15 is 0 Å². The van der Waals surface area contributed by atoms with Gasteiger partial charge in [0.2, 0.25) is 0 Å². The van der Waals surface area contributed by atoms with Crippen LogP contribution < -0.4 is 0 Å². The number of Topliss-reactive ketones (excluding diaryl/α,β-unsaturated/α-hetero) is 1. The van der Waals surface area contributed by atoms with Crippen LogP contribution in [0.2, 0.25) is 5.02 Å². The molecule has 1 saturated heterocycles. The van der Waals surface area contributed by atoms with Gasteiger partial charge >= 0.3 is 0 Å². The summed E-state index contributed by atoms with van der Waals surface area (Å²) in [5.74, 6) is 1.37. The van der Waals surface area contributed by atoms with Gasteiger partial charge in [-0.25, -0.2) is 0 Å². The van der Waals surface area contributed by atoms with E-state index in [2.05, 4.69) is 12.0 Å². The fraction of sp³-hybridized carbons (Fsp3) is 0.714. The number of carbonyl (C=O) groups is 1. The third-order valence-corrected chi connectivity index (χ3v) is 5.83. The van der Waals surface area contributed by atoms with Gasteiger partial charge in [0.05, 0.1) is 27.6 Å². The van der Waals surface area contributed by atoms with Crippen molar-refractivity contribution in [2.75, 3.05) is 5.75 Å². The van der Waals surface area contributed by atoms with Crippen LogP contribution >= 0.6 is 23.4 Å². The van der Waals surface area contributed by atoms with Crippen molar-refractivity contribution in [2.24, 2.45) is 0 Å². The van der Waals surface area contributed by atoms with Gasteiger partial charge in [0.1, 0.15) is 0 Å². The predicted molar refractivity (Wildman–Crippen MR) is 81.1 cm³/mol.